The summed E-state index contributed by atoms with van der Waals surface area (Å²) in [4.78, 5) is 16.4. The van der Waals surface area contributed by atoms with E-state index in [-0.39, 0.29) is 5.95 Å². The largest absolute Gasteiger partial charge is 0.368 e. The molecule has 0 radical (unpaired) electrons. The number of hydrogen-bond donors (Lipinski definition) is 2. The second kappa shape index (κ2) is 4.98. The molecule has 9 heteroatoms. The van der Waals surface area contributed by atoms with Crippen molar-refractivity contribution in [2.24, 2.45) is 0 Å². The summed E-state index contributed by atoms with van der Waals surface area (Å²) in [5.41, 5.74) is 5.66. The van der Waals surface area contributed by atoms with Gasteiger partial charge in [0, 0.05) is 24.0 Å². The number of nitrogen functional groups attached to an aromatic ring is 1. The van der Waals surface area contributed by atoms with Gasteiger partial charge in [0.2, 0.25) is 11.9 Å². The molecule has 0 unspecified atom stereocenters. The van der Waals surface area contributed by atoms with Crippen molar-refractivity contribution in [3.05, 3.63) is 35.0 Å². The van der Waals surface area contributed by atoms with Gasteiger partial charge in [-0.15, -0.1) is 11.3 Å². The van der Waals surface area contributed by atoms with E-state index in [1.807, 2.05) is 5.38 Å². The minimum atomic E-state index is 0.141. The second-order valence-electron chi connectivity index (χ2n) is 3.55. The first kappa shape index (κ1) is 11.5. The van der Waals surface area contributed by atoms with Crippen LogP contribution in [-0.4, -0.2) is 29.7 Å². The highest BCUT2D eigenvalue weighted by Gasteiger charge is 2.06. The molecule has 96 valence electrons. The molecule has 0 aliphatic carbocycles. The lowest BCUT2D eigenvalue weighted by Crippen LogP contribution is -2.11. The lowest BCUT2D eigenvalue weighted by molar-refractivity contribution is 0.798. The van der Waals surface area contributed by atoms with Gasteiger partial charge in [-0.1, -0.05) is 0 Å². The van der Waals surface area contributed by atoms with E-state index in [4.69, 9.17) is 5.73 Å². The second-order valence-corrected chi connectivity index (χ2v) is 4.53. The van der Waals surface area contributed by atoms with Gasteiger partial charge in [0.1, 0.15) is 5.01 Å². The Labute approximate surface area is 112 Å². The Bertz CT molecular complexity index is 648. The molecule has 0 aromatic carbocycles. The Morgan fingerprint density at radius 3 is 2.95 bits per heavy atom. The highest BCUT2D eigenvalue weighted by atomic mass is 32.1. The van der Waals surface area contributed by atoms with Crippen LogP contribution in [0.4, 0.5) is 11.9 Å². The van der Waals surface area contributed by atoms with E-state index in [9.17, 15) is 0 Å². The first-order chi connectivity index (χ1) is 9.31. The monoisotopic (exact) mass is 274 g/mol. The van der Waals surface area contributed by atoms with Crippen LogP contribution in [0.3, 0.4) is 0 Å². The van der Waals surface area contributed by atoms with Gasteiger partial charge < -0.3 is 11.1 Å². The van der Waals surface area contributed by atoms with Gasteiger partial charge in [0.05, 0.1) is 6.54 Å². The average Bonchev–Trinajstić information content (AvgIpc) is 3.09. The number of hydrogen-bond acceptors (Lipinski definition) is 8. The normalized spacial score (nSPS) is 10.5. The summed E-state index contributed by atoms with van der Waals surface area (Å²) >= 11 is 1.55. The molecule has 0 amide bonds. The van der Waals surface area contributed by atoms with Gasteiger partial charge in [-0.3, -0.25) is 0 Å². The molecule has 3 rings (SSSR count). The lowest BCUT2D eigenvalue weighted by Gasteiger charge is -2.05. The number of anilines is 2. The summed E-state index contributed by atoms with van der Waals surface area (Å²) in [6, 6.07) is 1.78. The quantitative estimate of drug-likeness (QED) is 0.721. The van der Waals surface area contributed by atoms with Crippen molar-refractivity contribution in [1.82, 2.24) is 29.7 Å². The maximum absolute atomic E-state index is 5.66. The molecule has 3 aromatic heterocycles. The molecule has 3 heterocycles. The molecule has 3 N–H and O–H groups in total. The zero-order chi connectivity index (χ0) is 13.1. The van der Waals surface area contributed by atoms with E-state index < -0.39 is 0 Å². The molecule has 8 nitrogen and oxygen atoms in total. The Balaban J connectivity index is 1.82. The summed E-state index contributed by atoms with van der Waals surface area (Å²) in [6.07, 6.45) is 5.13. The lowest BCUT2D eigenvalue weighted by atomic mass is 10.6. The Hall–Kier alpha value is -2.55. The topological polar surface area (TPSA) is 107 Å². The molecule has 0 spiro atoms. The average molecular weight is 274 g/mol. The smallest absolute Gasteiger partial charge is 0.257 e. The maximum atomic E-state index is 5.66. The maximum Gasteiger partial charge on any atom is 0.257 e. The minimum absolute atomic E-state index is 0.141. The van der Waals surface area contributed by atoms with Gasteiger partial charge >= 0.3 is 0 Å². The number of nitrogens with zero attached hydrogens (tertiary/aromatic N) is 6. The van der Waals surface area contributed by atoms with E-state index in [0.717, 1.165) is 5.01 Å². The Morgan fingerprint density at radius 1 is 1.26 bits per heavy atom. The Morgan fingerprint density at radius 2 is 2.21 bits per heavy atom. The highest BCUT2D eigenvalue weighted by molar-refractivity contribution is 7.09. The fourth-order valence-corrected chi connectivity index (χ4v) is 2.00. The summed E-state index contributed by atoms with van der Waals surface area (Å²) in [6.45, 7) is 0.541. The Kier molecular flexibility index (Phi) is 3.02. The van der Waals surface area contributed by atoms with Crippen LogP contribution in [-0.2, 0) is 6.54 Å². The van der Waals surface area contributed by atoms with E-state index in [1.54, 1.807) is 36.0 Å². The van der Waals surface area contributed by atoms with E-state index in [1.165, 1.54) is 4.68 Å². The molecule has 0 bridgehead atoms. The van der Waals surface area contributed by atoms with Crippen molar-refractivity contribution in [3.8, 4) is 5.95 Å². The third-order valence-electron chi connectivity index (χ3n) is 2.23. The van der Waals surface area contributed by atoms with E-state index in [0.29, 0.717) is 18.4 Å². The van der Waals surface area contributed by atoms with Crippen molar-refractivity contribution in [2.45, 2.75) is 6.54 Å². The van der Waals surface area contributed by atoms with Crippen LogP contribution < -0.4 is 11.1 Å². The minimum Gasteiger partial charge on any atom is -0.368 e. The van der Waals surface area contributed by atoms with Gasteiger partial charge in [-0.25, -0.2) is 9.67 Å². The summed E-state index contributed by atoms with van der Waals surface area (Å²) in [5, 5.41) is 9.96. The highest BCUT2D eigenvalue weighted by Crippen LogP contribution is 2.09. The summed E-state index contributed by atoms with van der Waals surface area (Å²) < 4.78 is 1.52. The molecular formula is C10H10N8S. The molecule has 0 saturated heterocycles. The number of thiazole rings is 1. The van der Waals surface area contributed by atoms with Crippen LogP contribution >= 0.6 is 11.3 Å². The molecule has 0 atom stereocenters. The zero-order valence-corrected chi connectivity index (χ0v) is 10.6. The SMILES string of the molecule is Nc1nc(NCc2nccs2)nc(-n2cccn2)n1. The number of nitrogens with two attached hydrogens (primary N) is 1. The predicted molar refractivity (Wildman–Crippen MR) is 70.8 cm³/mol. The van der Waals surface area contributed by atoms with Crippen LogP contribution in [0.1, 0.15) is 5.01 Å². The van der Waals surface area contributed by atoms with Gasteiger partial charge in [-0.05, 0) is 6.07 Å². The molecule has 3 aromatic rings. The van der Waals surface area contributed by atoms with E-state index in [2.05, 4.69) is 30.4 Å². The predicted octanol–water partition coefficient (Wildman–Crippen LogP) is 0.708. The molecule has 0 fully saturated rings. The molecule has 0 saturated carbocycles. The summed E-state index contributed by atoms with van der Waals surface area (Å²) in [5.74, 6) is 0.912. The fourth-order valence-electron chi connectivity index (χ4n) is 1.44. The number of aromatic nitrogens is 6. The van der Waals surface area contributed by atoms with Crippen molar-refractivity contribution < 1.29 is 0 Å². The van der Waals surface area contributed by atoms with Crippen molar-refractivity contribution in [3.63, 3.8) is 0 Å². The third-order valence-corrected chi connectivity index (χ3v) is 3.01. The van der Waals surface area contributed by atoms with Crippen LogP contribution in [0.15, 0.2) is 30.0 Å². The third kappa shape index (κ3) is 2.65. The summed E-state index contributed by atoms with van der Waals surface area (Å²) in [7, 11) is 0. The van der Waals surface area contributed by atoms with Crippen LogP contribution in [0.25, 0.3) is 5.95 Å². The molecule has 0 aliphatic heterocycles. The van der Waals surface area contributed by atoms with Gasteiger partial charge in [-0.2, -0.15) is 20.1 Å². The molecule has 19 heavy (non-hydrogen) atoms. The van der Waals surface area contributed by atoms with Crippen molar-refractivity contribution in [2.75, 3.05) is 11.1 Å². The number of rotatable bonds is 4. The van der Waals surface area contributed by atoms with Crippen LogP contribution in [0.2, 0.25) is 0 Å². The first-order valence-corrected chi connectivity index (χ1v) is 6.33. The number of nitrogens with one attached hydrogen (secondary N) is 1. The standard InChI is InChI=1S/C10H10N8S/c11-8-15-9(13-6-7-12-3-5-19-7)17-10(16-8)18-4-1-2-14-18/h1-5H,6H2,(H3,11,13,15,16,17). The van der Waals surface area contributed by atoms with Crippen molar-refractivity contribution in [1.29, 1.82) is 0 Å². The fraction of sp³-hybridized carbons (Fsp3) is 0.100. The van der Waals surface area contributed by atoms with Crippen LogP contribution in [0, 0.1) is 0 Å². The zero-order valence-electron chi connectivity index (χ0n) is 9.76. The van der Waals surface area contributed by atoms with E-state index >= 15 is 0 Å². The first-order valence-electron chi connectivity index (χ1n) is 5.45. The van der Waals surface area contributed by atoms with Crippen molar-refractivity contribution >= 4 is 23.2 Å². The molecular weight excluding hydrogens is 264 g/mol. The molecule has 0 aliphatic rings. The van der Waals surface area contributed by atoms with Gasteiger partial charge in [0.25, 0.3) is 5.95 Å². The van der Waals surface area contributed by atoms with Gasteiger partial charge in [0.15, 0.2) is 0 Å². The van der Waals surface area contributed by atoms with Crippen LogP contribution in [0.5, 0.6) is 0 Å².